The number of para-hydroxylation sites is 1. The van der Waals surface area contributed by atoms with E-state index in [2.05, 4.69) is 20.2 Å². The minimum Gasteiger partial charge on any atom is -0.494 e. The fraction of sp³-hybridized carbons (Fsp3) is 0.348. The zero-order chi connectivity index (χ0) is 21.8. The topological polar surface area (TPSA) is 63.6 Å². The van der Waals surface area contributed by atoms with Crippen LogP contribution in [0.1, 0.15) is 30.4 Å². The van der Waals surface area contributed by atoms with Crippen molar-refractivity contribution in [3.8, 4) is 5.88 Å². The Labute approximate surface area is 178 Å². The summed E-state index contributed by atoms with van der Waals surface area (Å²) in [6.45, 7) is 3.18. The number of aromatic amines is 1. The van der Waals surface area contributed by atoms with E-state index in [4.69, 9.17) is 0 Å². The molecule has 0 unspecified atom stereocenters. The van der Waals surface area contributed by atoms with E-state index in [-0.39, 0.29) is 17.3 Å². The van der Waals surface area contributed by atoms with Gasteiger partial charge in [-0.1, -0.05) is 24.6 Å². The van der Waals surface area contributed by atoms with Crippen molar-refractivity contribution in [1.29, 1.82) is 0 Å². The SMILES string of the molecule is Oc1[nH]c2ccccc2c1C=Nc1ccc(NCCN2CCCCC2)c(C(F)(F)F)c1. The van der Waals surface area contributed by atoms with Gasteiger partial charge in [0.15, 0.2) is 5.88 Å². The molecule has 3 N–H and O–H groups in total. The molecule has 3 aromatic rings. The summed E-state index contributed by atoms with van der Waals surface area (Å²) in [5.41, 5.74) is 0.638. The average Bonchev–Trinajstić information content (AvgIpc) is 3.08. The van der Waals surface area contributed by atoms with Crippen LogP contribution in [0.5, 0.6) is 5.88 Å². The molecule has 2 aromatic carbocycles. The van der Waals surface area contributed by atoms with Gasteiger partial charge in [0.25, 0.3) is 0 Å². The number of alkyl halides is 3. The average molecular weight is 430 g/mol. The molecule has 0 aliphatic carbocycles. The lowest BCUT2D eigenvalue weighted by atomic mass is 10.1. The molecule has 0 atom stereocenters. The molecule has 0 radical (unpaired) electrons. The molecule has 8 heteroatoms. The Kier molecular flexibility index (Phi) is 6.18. The summed E-state index contributed by atoms with van der Waals surface area (Å²) in [6.07, 6.45) is 0.397. The Morgan fingerprint density at radius 2 is 1.87 bits per heavy atom. The molecule has 1 aliphatic heterocycles. The molecule has 2 heterocycles. The van der Waals surface area contributed by atoms with Crippen molar-refractivity contribution in [2.45, 2.75) is 25.4 Å². The number of aliphatic imine (C=N–C) groups is 1. The molecule has 1 aromatic heterocycles. The smallest absolute Gasteiger partial charge is 0.418 e. The number of likely N-dealkylation sites (tertiary alicyclic amines) is 1. The van der Waals surface area contributed by atoms with E-state index >= 15 is 0 Å². The molecular formula is C23H25F3N4O. The summed E-state index contributed by atoms with van der Waals surface area (Å²) >= 11 is 0. The van der Waals surface area contributed by atoms with Crippen molar-refractivity contribution >= 4 is 28.5 Å². The van der Waals surface area contributed by atoms with Crippen molar-refractivity contribution < 1.29 is 18.3 Å². The Morgan fingerprint density at radius 1 is 1.10 bits per heavy atom. The van der Waals surface area contributed by atoms with Gasteiger partial charge in [-0.15, -0.1) is 0 Å². The van der Waals surface area contributed by atoms with Crippen molar-refractivity contribution in [3.63, 3.8) is 0 Å². The van der Waals surface area contributed by atoms with Crippen LogP contribution in [0, 0.1) is 0 Å². The van der Waals surface area contributed by atoms with Crippen LogP contribution in [0.4, 0.5) is 24.5 Å². The quantitative estimate of drug-likeness (QED) is 0.450. The molecule has 0 spiro atoms. The lowest BCUT2D eigenvalue weighted by Crippen LogP contribution is -2.33. The van der Waals surface area contributed by atoms with Gasteiger partial charge in [-0.3, -0.25) is 4.99 Å². The van der Waals surface area contributed by atoms with Crippen LogP contribution in [0.25, 0.3) is 10.9 Å². The van der Waals surface area contributed by atoms with Crippen LogP contribution in [0.3, 0.4) is 0 Å². The number of rotatable bonds is 6. The third-order valence-electron chi connectivity index (χ3n) is 5.57. The van der Waals surface area contributed by atoms with Crippen LogP contribution in [-0.2, 0) is 6.18 Å². The molecule has 1 aliphatic rings. The molecule has 1 fully saturated rings. The second kappa shape index (κ2) is 9.01. The Balaban J connectivity index is 1.52. The number of hydrogen-bond donors (Lipinski definition) is 3. The lowest BCUT2D eigenvalue weighted by Gasteiger charge is -2.26. The number of nitrogens with one attached hydrogen (secondary N) is 2. The lowest BCUT2D eigenvalue weighted by molar-refractivity contribution is -0.136. The van der Waals surface area contributed by atoms with E-state index in [9.17, 15) is 18.3 Å². The predicted octanol–water partition coefficient (Wildman–Crippen LogP) is 5.54. The van der Waals surface area contributed by atoms with Crippen LogP contribution < -0.4 is 5.32 Å². The number of piperidine rings is 1. The molecule has 1 saturated heterocycles. The summed E-state index contributed by atoms with van der Waals surface area (Å²) in [6, 6.07) is 11.3. The highest BCUT2D eigenvalue weighted by atomic mass is 19.4. The van der Waals surface area contributed by atoms with E-state index in [1.165, 1.54) is 18.7 Å². The normalized spacial score (nSPS) is 15.7. The highest BCUT2D eigenvalue weighted by Gasteiger charge is 2.33. The largest absolute Gasteiger partial charge is 0.494 e. The van der Waals surface area contributed by atoms with Gasteiger partial charge < -0.3 is 20.3 Å². The zero-order valence-electron chi connectivity index (χ0n) is 17.0. The zero-order valence-corrected chi connectivity index (χ0v) is 17.0. The van der Waals surface area contributed by atoms with Gasteiger partial charge in [-0.05, 0) is 50.2 Å². The number of anilines is 1. The minimum absolute atomic E-state index is 0.0541. The number of benzene rings is 2. The highest BCUT2D eigenvalue weighted by molar-refractivity contribution is 6.02. The maximum atomic E-state index is 13.6. The Morgan fingerprint density at radius 3 is 2.65 bits per heavy atom. The summed E-state index contributed by atoms with van der Waals surface area (Å²) in [5, 5.41) is 13.8. The van der Waals surface area contributed by atoms with Gasteiger partial charge in [-0.25, -0.2) is 0 Å². The molecule has 164 valence electrons. The van der Waals surface area contributed by atoms with Crippen LogP contribution in [0.2, 0.25) is 0 Å². The highest BCUT2D eigenvalue weighted by Crippen LogP contribution is 2.37. The number of aromatic nitrogens is 1. The maximum absolute atomic E-state index is 13.6. The third kappa shape index (κ3) is 5.02. The van der Waals surface area contributed by atoms with Gasteiger partial charge in [0, 0.05) is 35.9 Å². The van der Waals surface area contributed by atoms with Crippen molar-refractivity contribution in [2.75, 3.05) is 31.5 Å². The second-order valence-corrected chi connectivity index (χ2v) is 7.75. The van der Waals surface area contributed by atoms with E-state index in [1.54, 1.807) is 12.1 Å². The monoisotopic (exact) mass is 430 g/mol. The predicted molar refractivity (Wildman–Crippen MR) is 117 cm³/mol. The first kappa shape index (κ1) is 21.2. The summed E-state index contributed by atoms with van der Waals surface area (Å²) < 4.78 is 40.9. The van der Waals surface area contributed by atoms with E-state index in [1.807, 2.05) is 18.2 Å². The third-order valence-corrected chi connectivity index (χ3v) is 5.57. The molecule has 31 heavy (non-hydrogen) atoms. The van der Waals surface area contributed by atoms with E-state index < -0.39 is 11.7 Å². The number of nitrogens with zero attached hydrogens (tertiary/aromatic N) is 2. The first-order chi connectivity index (χ1) is 14.9. The first-order valence-corrected chi connectivity index (χ1v) is 10.4. The standard InChI is InChI=1S/C23H25F3N4O/c24-23(25,26)19-14-16(8-9-21(19)27-10-13-30-11-4-1-5-12-30)28-15-18-17-6-2-3-7-20(17)29-22(18)31/h2-3,6-9,14-15,27,29,31H,1,4-5,10-13H2. The van der Waals surface area contributed by atoms with E-state index in [0.717, 1.165) is 49.4 Å². The van der Waals surface area contributed by atoms with Crippen LogP contribution in [0.15, 0.2) is 47.5 Å². The Bertz CT molecular complexity index is 1070. The van der Waals surface area contributed by atoms with Gasteiger partial charge in [-0.2, -0.15) is 13.2 Å². The molecule has 4 rings (SSSR count). The van der Waals surface area contributed by atoms with Gasteiger partial charge in [0.05, 0.1) is 16.8 Å². The summed E-state index contributed by atoms with van der Waals surface area (Å²) in [7, 11) is 0. The number of fused-ring (bicyclic) bond motifs is 1. The molecular weight excluding hydrogens is 405 g/mol. The van der Waals surface area contributed by atoms with Gasteiger partial charge in [0.2, 0.25) is 0 Å². The first-order valence-electron chi connectivity index (χ1n) is 10.4. The number of H-pyrrole nitrogens is 1. The molecule has 0 amide bonds. The number of hydrogen-bond acceptors (Lipinski definition) is 4. The second-order valence-electron chi connectivity index (χ2n) is 7.75. The van der Waals surface area contributed by atoms with Crippen LogP contribution >= 0.6 is 0 Å². The maximum Gasteiger partial charge on any atom is 0.418 e. The molecule has 5 nitrogen and oxygen atoms in total. The molecule has 0 bridgehead atoms. The number of aromatic hydroxyl groups is 1. The fourth-order valence-corrected chi connectivity index (χ4v) is 3.95. The molecule has 0 saturated carbocycles. The van der Waals surface area contributed by atoms with Crippen molar-refractivity contribution in [1.82, 2.24) is 9.88 Å². The van der Waals surface area contributed by atoms with Gasteiger partial charge in [0.1, 0.15) is 0 Å². The van der Waals surface area contributed by atoms with Crippen molar-refractivity contribution in [3.05, 3.63) is 53.6 Å². The van der Waals surface area contributed by atoms with Gasteiger partial charge >= 0.3 is 6.18 Å². The van der Waals surface area contributed by atoms with Crippen molar-refractivity contribution in [2.24, 2.45) is 4.99 Å². The summed E-state index contributed by atoms with van der Waals surface area (Å²) in [4.78, 5) is 9.29. The minimum atomic E-state index is -4.50. The summed E-state index contributed by atoms with van der Waals surface area (Å²) in [5.74, 6) is -0.0722. The Hall–Kier alpha value is -3.00. The van der Waals surface area contributed by atoms with Crippen LogP contribution in [-0.4, -0.2) is 47.4 Å². The van der Waals surface area contributed by atoms with E-state index in [0.29, 0.717) is 12.1 Å². The number of halogens is 3. The fourth-order valence-electron chi connectivity index (χ4n) is 3.95.